The number of halogens is 1. The van der Waals surface area contributed by atoms with Gasteiger partial charge in [-0.05, 0) is 49.6 Å². The van der Waals surface area contributed by atoms with E-state index in [4.69, 9.17) is 22.1 Å². The van der Waals surface area contributed by atoms with Crippen LogP contribution in [0.2, 0.25) is 5.02 Å². The average Bonchev–Trinajstić information content (AvgIpc) is 3.17. The lowest BCUT2D eigenvalue weighted by Gasteiger charge is -2.51. The van der Waals surface area contributed by atoms with E-state index in [1.165, 1.54) is 12.4 Å². The number of benzene rings is 1. The second-order valence-electron chi connectivity index (χ2n) is 8.14. The van der Waals surface area contributed by atoms with Crippen LogP contribution < -0.4 is 5.73 Å². The maximum atomic E-state index is 12.9. The standard InChI is InChI=1S/C22H25ClN4O2/c1-3-20(28)27-12-22(6-4-5-7-22)29-13-21(27,2)16-8-15(9-17(23)10-16)18-11-19(24)26-14-25-18/h3,8-11,14H,1,4-7,12-13H2,2H3,(H2,24,25,26). The number of amides is 1. The summed E-state index contributed by atoms with van der Waals surface area (Å²) in [4.78, 5) is 23.0. The first kappa shape index (κ1) is 19.9. The number of aromatic nitrogens is 2. The Kier molecular flexibility index (Phi) is 5.09. The van der Waals surface area contributed by atoms with Gasteiger partial charge in [0, 0.05) is 16.7 Å². The van der Waals surface area contributed by atoms with Gasteiger partial charge in [0.2, 0.25) is 5.91 Å². The van der Waals surface area contributed by atoms with Crippen LogP contribution in [0.5, 0.6) is 0 Å². The van der Waals surface area contributed by atoms with Crippen molar-refractivity contribution in [3.05, 3.63) is 53.8 Å². The molecule has 1 aromatic heterocycles. The number of anilines is 1. The summed E-state index contributed by atoms with van der Waals surface area (Å²) in [6.45, 7) is 6.68. The molecule has 0 bridgehead atoms. The lowest BCUT2D eigenvalue weighted by Crippen LogP contribution is -2.61. The van der Waals surface area contributed by atoms with Crippen LogP contribution in [0, 0.1) is 0 Å². The average molecular weight is 413 g/mol. The molecule has 1 atom stereocenters. The molecule has 152 valence electrons. The number of ether oxygens (including phenoxy) is 1. The molecule has 0 radical (unpaired) electrons. The van der Waals surface area contributed by atoms with Crippen molar-refractivity contribution in [2.24, 2.45) is 0 Å². The number of hydrogen-bond acceptors (Lipinski definition) is 5. The highest BCUT2D eigenvalue weighted by Crippen LogP contribution is 2.44. The highest BCUT2D eigenvalue weighted by molar-refractivity contribution is 6.31. The summed E-state index contributed by atoms with van der Waals surface area (Å²) in [5.41, 5.74) is 7.28. The molecular weight excluding hydrogens is 388 g/mol. The summed E-state index contributed by atoms with van der Waals surface area (Å²) >= 11 is 6.46. The van der Waals surface area contributed by atoms with E-state index in [9.17, 15) is 4.79 Å². The molecular formula is C22H25ClN4O2. The first-order valence-corrected chi connectivity index (χ1v) is 10.2. The zero-order valence-electron chi connectivity index (χ0n) is 16.5. The molecule has 2 aliphatic rings. The Bertz CT molecular complexity index is 958. The second-order valence-corrected chi connectivity index (χ2v) is 8.57. The van der Waals surface area contributed by atoms with Crippen molar-refractivity contribution in [1.29, 1.82) is 0 Å². The van der Waals surface area contributed by atoms with Crippen LogP contribution in [0.1, 0.15) is 38.2 Å². The smallest absolute Gasteiger partial charge is 0.246 e. The fourth-order valence-corrected chi connectivity index (χ4v) is 4.69. The molecule has 6 nitrogen and oxygen atoms in total. The largest absolute Gasteiger partial charge is 0.384 e. The number of morpholine rings is 1. The number of rotatable bonds is 3. The van der Waals surface area contributed by atoms with Crippen molar-refractivity contribution in [1.82, 2.24) is 14.9 Å². The Morgan fingerprint density at radius 2 is 2.03 bits per heavy atom. The van der Waals surface area contributed by atoms with Crippen LogP contribution in [0.15, 0.2) is 43.2 Å². The minimum atomic E-state index is -0.669. The van der Waals surface area contributed by atoms with Gasteiger partial charge in [-0.15, -0.1) is 0 Å². The molecule has 1 aliphatic heterocycles. The van der Waals surface area contributed by atoms with Gasteiger partial charge in [0.25, 0.3) is 0 Å². The predicted octanol–water partition coefficient (Wildman–Crippen LogP) is 3.95. The molecule has 2 heterocycles. The second kappa shape index (κ2) is 7.43. The molecule has 2 fully saturated rings. The van der Waals surface area contributed by atoms with Gasteiger partial charge in [-0.2, -0.15) is 0 Å². The Morgan fingerprint density at radius 1 is 1.28 bits per heavy atom. The third-order valence-electron chi connectivity index (χ3n) is 6.16. The van der Waals surface area contributed by atoms with Gasteiger partial charge in [0.1, 0.15) is 12.1 Å². The Morgan fingerprint density at radius 3 is 2.72 bits per heavy atom. The lowest BCUT2D eigenvalue weighted by molar-refractivity contribution is -0.177. The zero-order valence-corrected chi connectivity index (χ0v) is 17.3. The first-order valence-electron chi connectivity index (χ1n) is 9.82. The fraction of sp³-hybridized carbons (Fsp3) is 0.409. The summed E-state index contributed by atoms with van der Waals surface area (Å²) in [6, 6.07) is 7.41. The monoisotopic (exact) mass is 412 g/mol. The number of carbonyl (C=O) groups excluding carboxylic acids is 1. The molecule has 1 unspecified atom stereocenters. The van der Waals surface area contributed by atoms with Crippen molar-refractivity contribution in [2.45, 2.75) is 43.7 Å². The van der Waals surface area contributed by atoms with Crippen molar-refractivity contribution in [3.8, 4) is 11.3 Å². The van der Waals surface area contributed by atoms with Crippen LogP contribution in [-0.4, -0.2) is 39.5 Å². The van der Waals surface area contributed by atoms with Gasteiger partial charge in [0.05, 0.1) is 30.0 Å². The normalized spacial score (nSPS) is 23.3. The van der Waals surface area contributed by atoms with Crippen molar-refractivity contribution in [2.75, 3.05) is 18.9 Å². The van der Waals surface area contributed by atoms with Crippen LogP contribution >= 0.6 is 11.6 Å². The van der Waals surface area contributed by atoms with Crippen LogP contribution in [0.3, 0.4) is 0 Å². The van der Waals surface area contributed by atoms with Gasteiger partial charge in [0.15, 0.2) is 0 Å². The Hall–Kier alpha value is -2.44. The van der Waals surface area contributed by atoms with E-state index in [1.54, 1.807) is 6.07 Å². The molecule has 1 aromatic carbocycles. The minimum Gasteiger partial charge on any atom is -0.384 e. The molecule has 1 aliphatic carbocycles. The van der Waals surface area contributed by atoms with Crippen LogP contribution in [0.25, 0.3) is 11.3 Å². The fourth-order valence-electron chi connectivity index (χ4n) is 4.45. The van der Waals surface area contributed by atoms with Crippen molar-refractivity contribution >= 4 is 23.3 Å². The van der Waals surface area contributed by atoms with E-state index in [0.29, 0.717) is 29.7 Å². The topological polar surface area (TPSA) is 81.3 Å². The third kappa shape index (κ3) is 3.63. The van der Waals surface area contributed by atoms with Gasteiger partial charge in [-0.3, -0.25) is 4.79 Å². The Balaban J connectivity index is 1.77. The molecule has 7 heteroatoms. The highest BCUT2D eigenvalue weighted by Gasteiger charge is 2.49. The molecule has 1 saturated carbocycles. The van der Waals surface area contributed by atoms with Gasteiger partial charge >= 0.3 is 0 Å². The quantitative estimate of drug-likeness (QED) is 0.772. The van der Waals surface area contributed by atoms with Crippen molar-refractivity contribution < 1.29 is 9.53 Å². The number of nitrogens with two attached hydrogens (primary N) is 1. The van der Waals surface area contributed by atoms with E-state index in [0.717, 1.165) is 36.8 Å². The summed E-state index contributed by atoms with van der Waals surface area (Å²) in [7, 11) is 0. The van der Waals surface area contributed by atoms with E-state index in [1.807, 2.05) is 30.0 Å². The third-order valence-corrected chi connectivity index (χ3v) is 6.38. The number of nitrogens with zero attached hydrogens (tertiary/aromatic N) is 3. The first-order chi connectivity index (χ1) is 13.8. The molecule has 29 heavy (non-hydrogen) atoms. The summed E-state index contributed by atoms with van der Waals surface area (Å²) in [5, 5.41) is 0.558. The molecule has 2 aromatic rings. The highest BCUT2D eigenvalue weighted by atomic mass is 35.5. The van der Waals surface area contributed by atoms with Gasteiger partial charge < -0.3 is 15.4 Å². The molecule has 2 N–H and O–H groups in total. The predicted molar refractivity (Wildman–Crippen MR) is 113 cm³/mol. The molecule has 4 rings (SSSR count). The summed E-state index contributed by atoms with van der Waals surface area (Å²) in [6.07, 6.45) is 7.01. The molecule has 1 amide bonds. The summed E-state index contributed by atoms with van der Waals surface area (Å²) in [5.74, 6) is 0.283. The molecule has 1 saturated heterocycles. The number of carbonyl (C=O) groups is 1. The van der Waals surface area contributed by atoms with E-state index < -0.39 is 5.54 Å². The van der Waals surface area contributed by atoms with Gasteiger partial charge in [-0.1, -0.05) is 31.0 Å². The summed E-state index contributed by atoms with van der Waals surface area (Å²) < 4.78 is 6.41. The number of hydrogen-bond donors (Lipinski definition) is 1. The van der Waals surface area contributed by atoms with Crippen molar-refractivity contribution in [3.63, 3.8) is 0 Å². The number of nitrogen functional groups attached to an aromatic ring is 1. The SMILES string of the molecule is C=CC(=O)N1CC2(CCCC2)OCC1(C)c1cc(Cl)cc(-c2cc(N)ncn2)c1. The van der Waals surface area contributed by atoms with E-state index >= 15 is 0 Å². The maximum Gasteiger partial charge on any atom is 0.246 e. The molecule has 1 spiro atoms. The van der Waals surface area contributed by atoms with Gasteiger partial charge in [-0.25, -0.2) is 9.97 Å². The van der Waals surface area contributed by atoms with E-state index in [2.05, 4.69) is 16.5 Å². The van der Waals surface area contributed by atoms with E-state index in [-0.39, 0.29) is 11.5 Å². The van der Waals surface area contributed by atoms with Crippen LogP contribution in [0.4, 0.5) is 5.82 Å². The maximum absolute atomic E-state index is 12.9. The minimum absolute atomic E-state index is 0.102. The Labute approximate surface area is 175 Å². The lowest BCUT2D eigenvalue weighted by atomic mass is 9.84. The van der Waals surface area contributed by atoms with Crippen LogP contribution in [-0.2, 0) is 15.1 Å². The zero-order chi connectivity index (χ0) is 20.6.